The van der Waals surface area contributed by atoms with E-state index in [0.717, 1.165) is 5.56 Å². The Morgan fingerprint density at radius 3 is 2.35 bits per heavy atom. The number of hydrogen-bond acceptors (Lipinski definition) is 4. The zero-order valence-corrected chi connectivity index (χ0v) is 12.6. The molecule has 5 heteroatoms. The summed E-state index contributed by atoms with van der Waals surface area (Å²) in [7, 11) is 1.34. The molecule has 20 heavy (non-hydrogen) atoms. The number of rotatable bonds is 3. The van der Waals surface area contributed by atoms with E-state index in [2.05, 4.69) is 0 Å². The normalized spacial score (nSPS) is 10.4. The van der Waals surface area contributed by atoms with Crippen LogP contribution in [-0.4, -0.2) is 13.1 Å². The van der Waals surface area contributed by atoms with Gasteiger partial charge in [-0.15, -0.1) is 11.3 Å². The third-order valence-corrected chi connectivity index (χ3v) is 4.04. The highest BCUT2D eigenvalue weighted by Crippen LogP contribution is 2.35. The maximum Gasteiger partial charge on any atom is 0.348 e. The molecule has 0 unspecified atom stereocenters. The molecule has 0 aliphatic rings. The molecule has 0 saturated carbocycles. The van der Waals surface area contributed by atoms with Gasteiger partial charge < -0.3 is 9.47 Å². The van der Waals surface area contributed by atoms with Crippen molar-refractivity contribution in [3.05, 3.63) is 44.9 Å². The largest absolute Gasteiger partial charge is 0.465 e. The molecule has 106 valence electrons. The zero-order chi connectivity index (χ0) is 14.9. The molecule has 1 heterocycles. The number of hydrogen-bond donors (Lipinski definition) is 0. The number of aryl methyl sites for hydroxylation is 2. The van der Waals surface area contributed by atoms with Crippen molar-refractivity contribution in [2.24, 2.45) is 0 Å². The minimum absolute atomic E-state index is 0.287. The average molecular weight is 294 g/mol. The van der Waals surface area contributed by atoms with Crippen LogP contribution in [0, 0.1) is 26.6 Å². The van der Waals surface area contributed by atoms with Gasteiger partial charge in [0.2, 0.25) is 0 Å². The first-order valence-electron chi connectivity index (χ1n) is 6.05. The van der Waals surface area contributed by atoms with E-state index in [9.17, 15) is 9.18 Å². The fraction of sp³-hybridized carbons (Fsp3) is 0.267. The molecular weight excluding hydrogens is 279 g/mol. The van der Waals surface area contributed by atoms with Crippen LogP contribution in [0.25, 0.3) is 0 Å². The lowest BCUT2D eigenvalue weighted by Gasteiger charge is -2.11. The van der Waals surface area contributed by atoms with E-state index in [1.165, 1.54) is 30.6 Å². The molecular formula is C15H15FO3S. The van der Waals surface area contributed by atoms with Gasteiger partial charge in [-0.1, -0.05) is 0 Å². The summed E-state index contributed by atoms with van der Waals surface area (Å²) >= 11 is 1.27. The van der Waals surface area contributed by atoms with Crippen LogP contribution in [0.5, 0.6) is 11.5 Å². The molecule has 0 saturated heterocycles. The van der Waals surface area contributed by atoms with Crippen LogP contribution >= 0.6 is 11.3 Å². The monoisotopic (exact) mass is 294 g/mol. The first-order valence-corrected chi connectivity index (χ1v) is 6.93. The Morgan fingerprint density at radius 1 is 1.20 bits per heavy atom. The Bertz CT molecular complexity index is 638. The topological polar surface area (TPSA) is 35.5 Å². The molecule has 0 atom stereocenters. The summed E-state index contributed by atoms with van der Waals surface area (Å²) in [5.41, 5.74) is 2.16. The van der Waals surface area contributed by atoms with Crippen LogP contribution < -0.4 is 4.74 Å². The first kappa shape index (κ1) is 14.5. The summed E-state index contributed by atoms with van der Waals surface area (Å²) < 4.78 is 23.8. The van der Waals surface area contributed by atoms with E-state index in [-0.39, 0.29) is 11.8 Å². The summed E-state index contributed by atoms with van der Waals surface area (Å²) in [6.45, 7) is 5.37. The van der Waals surface area contributed by atoms with Crippen LogP contribution in [0.3, 0.4) is 0 Å². The van der Waals surface area contributed by atoms with E-state index >= 15 is 0 Å². The van der Waals surface area contributed by atoms with E-state index in [0.29, 0.717) is 27.5 Å². The summed E-state index contributed by atoms with van der Waals surface area (Å²) in [5, 5.41) is 1.75. The van der Waals surface area contributed by atoms with Crippen molar-refractivity contribution >= 4 is 17.3 Å². The van der Waals surface area contributed by atoms with Crippen LogP contribution in [0.4, 0.5) is 4.39 Å². The predicted molar refractivity (Wildman–Crippen MR) is 76.3 cm³/mol. The predicted octanol–water partition coefficient (Wildman–Crippen LogP) is 4.39. The zero-order valence-electron chi connectivity index (χ0n) is 11.7. The van der Waals surface area contributed by atoms with Crippen molar-refractivity contribution in [2.45, 2.75) is 20.8 Å². The fourth-order valence-corrected chi connectivity index (χ4v) is 2.87. The van der Waals surface area contributed by atoms with E-state index in [4.69, 9.17) is 9.47 Å². The van der Waals surface area contributed by atoms with Crippen molar-refractivity contribution in [1.29, 1.82) is 0 Å². The highest BCUT2D eigenvalue weighted by Gasteiger charge is 2.18. The number of ether oxygens (including phenoxy) is 2. The Morgan fingerprint density at radius 2 is 1.80 bits per heavy atom. The van der Waals surface area contributed by atoms with Gasteiger partial charge in [-0.25, -0.2) is 9.18 Å². The lowest BCUT2D eigenvalue weighted by Crippen LogP contribution is -2.00. The molecule has 0 N–H and O–H groups in total. The first-order chi connectivity index (χ1) is 9.43. The molecule has 1 aromatic carbocycles. The van der Waals surface area contributed by atoms with Crippen molar-refractivity contribution in [3.8, 4) is 11.5 Å². The smallest absolute Gasteiger partial charge is 0.348 e. The van der Waals surface area contributed by atoms with Crippen molar-refractivity contribution in [2.75, 3.05) is 7.11 Å². The third kappa shape index (κ3) is 2.67. The molecule has 1 aromatic heterocycles. The Kier molecular flexibility index (Phi) is 4.09. The van der Waals surface area contributed by atoms with Gasteiger partial charge in [0.1, 0.15) is 22.2 Å². The third-order valence-electron chi connectivity index (χ3n) is 3.00. The van der Waals surface area contributed by atoms with Crippen molar-refractivity contribution < 1.29 is 18.7 Å². The Balaban J connectivity index is 2.36. The number of esters is 1. The van der Waals surface area contributed by atoms with Gasteiger partial charge in [0.05, 0.1) is 7.11 Å². The molecule has 0 radical (unpaired) electrons. The summed E-state index contributed by atoms with van der Waals surface area (Å²) in [6, 6.07) is 2.84. The second kappa shape index (κ2) is 5.63. The molecule has 3 nitrogen and oxygen atoms in total. The maximum absolute atomic E-state index is 13.3. The molecule has 2 rings (SSSR count). The second-order valence-electron chi connectivity index (χ2n) is 4.52. The molecule has 0 aliphatic heterocycles. The van der Waals surface area contributed by atoms with Crippen molar-refractivity contribution in [3.63, 3.8) is 0 Å². The van der Waals surface area contributed by atoms with Gasteiger partial charge in [-0.2, -0.15) is 0 Å². The van der Waals surface area contributed by atoms with Gasteiger partial charge in [-0.05, 0) is 44.0 Å². The molecule has 0 aliphatic carbocycles. The number of thiophene rings is 1. The standard InChI is InChI=1S/C15H15FO3S/c1-8-5-11(16)6-9(2)13(8)19-12-7-20-14(10(12)3)15(17)18-4/h5-7H,1-4H3. The number of methoxy groups -OCH3 is 1. The van der Waals surface area contributed by atoms with Gasteiger partial charge in [0, 0.05) is 10.9 Å². The van der Waals surface area contributed by atoms with E-state index < -0.39 is 0 Å². The van der Waals surface area contributed by atoms with E-state index in [1.54, 1.807) is 26.2 Å². The lowest BCUT2D eigenvalue weighted by molar-refractivity contribution is 0.0605. The maximum atomic E-state index is 13.3. The van der Waals surface area contributed by atoms with Crippen LogP contribution in [-0.2, 0) is 4.74 Å². The average Bonchev–Trinajstić information content (AvgIpc) is 2.74. The molecule has 0 amide bonds. The van der Waals surface area contributed by atoms with Gasteiger partial charge >= 0.3 is 5.97 Å². The van der Waals surface area contributed by atoms with Gasteiger partial charge in [0.25, 0.3) is 0 Å². The van der Waals surface area contributed by atoms with Crippen LogP contribution in [0.1, 0.15) is 26.4 Å². The quantitative estimate of drug-likeness (QED) is 0.787. The minimum atomic E-state index is -0.380. The SMILES string of the molecule is COC(=O)c1scc(Oc2c(C)cc(F)cc2C)c1C. The highest BCUT2D eigenvalue weighted by atomic mass is 32.1. The van der Waals surface area contributed by atoms with E-state index in [1.807, 2.05) is 0 Å². The summed E-state index contributed by atoms with van der Waals surface area (Å²) in [4.78, 5) is 12.1. The molecule has 0 bridgehead atoms. The minimum Gasteiger partial charge on any atom is -0.465 e. The van der Waals surface area contributed by atoms with Crippen molar-refractivity contribution in [1.82, 2.24) is 0 Å². The fourth-order valence-electron chi connectivity index (χ4n) is 1.96. The lowest BCUT2D eigenvalue weighted by atomic mass is 10.1. The molecule has 2 aromatic rings. The number of carbonyl (C=O) groups is 1. The van der Waals surface area contributed by atoms with Crippen LogP contribution in [0.2, 0.25) is 0 Å². The second-order valence-corrected chi connectivity index (χ2v) is 5.40. The number of halogens is 1. The number of benzene rings is 1. The van der Waals surface area contributed by atoms with Gasteiger partial charge in [0.15, 0.2) is 0 Å². The Hall–Kier alpha value is -1.88. The van der Waals surface area contributed by atoms with Crippen LogP contribution in [0.15, 0.2) is 17.5 Å². The molecule has 0 fully saturated rings. The summed E-state index contributed by atoms with van der Waals surface area (Å²) in [5.74, 6) is 0.538. The number of carbonyl (C=O) groups excluding carboxylic acids is 1. The highest BCUT2D eigenvalue weighted by molar-refractivity contribution is 7.12. The Labute approximate surface area is 121 Å². The summed E-state index contributed by atoms with van der Waals surface area (Å²) in [6.07, 6.45) is 0. The van der Waals surface area contributed by atoms with Gasteiger partial charge in [-0.3, -0.25) is 0 Å². The molecule has 0 spiro atoms.